The second-order valence-corrected chi connectivity index (χ2v) is 6.90. The van der Waals surface area contributed by atoms with Crippen LogP contribution in [0.5, 0.6) is 0 Å². The van der Waals surface area contributed by atoms with Gasteiger partial charge in [-0.05, 0) is 6.42 Å². The Morgan fingerprint density at radius 1 is 0.739 bits per heavy atom. The summed E-state index contributed by atoms with van der Waals surface area (Å²) in [6.07, 6.45) is 24.1. The molecule has 0 heterocycles. The molecular weight excluding hydrogens is 282 g/mol. The summed E-state index contributed by atoms with van der Waals surface area (Å²) in [7, 11) is 0. The van der Waals surface area contributed by atoms with Crippen molar-refractivity contribution in [3.63, 3.8) is 0 Å². The van der Waals surface area contributed by atoms with Gasteiger partial charge in [-0.25, -0.2) is 5.16 Å². The summed E-state index contributed by atoms with van der Waals surface area (Å²) >= 11 is 0. The van der Waals surface area contributed by atoms with Crippen LogP contribution in [0.15, 0.2) is 12.7 Å². The van der Waals surface area contributed by atoms with Crippen LogP contribution >= 0.6 is 0 Å². The van der Waals surface area contributed by atoms with Gasteiger partial charge in [0, 0.05) is 12.8 Å². The van der Waals surface area contributed by atoms with Gasteiger partial charge in [0.05, 0.1) is 0 Å². The van der Waals surface area contributed by atoms with E-state index in [4.69, 9.17) is 0 Å². The van der Waals surface area contributed by atoms with Crippen LogP contribution < -0.4 is 5.16 Å². The molecule has 2 heteroatoms. The van der Waals surface area contributed by atoms with Crippen molar-refractivity contribution in [3.8, 4) is 0 Å². The maximum absolute atomic E-state index is 10.7. The van der Waals surface area contributed by atoms with E-state index < -0.39 is 0 Å². The summed E-state index contributed by atoms with van der Waals surface area (Å²) in [5.41, 5.74) is 0.884. The Morgan fingerprint density at radius 2 is 1.13 bits per heavy atom. The molecule has 2 nitrogen and oxygen atoms in total. The lowest BCUT2D eigenvalue weighted by atomic mass is 10.0. The van der Waals surface area contributed by atoms with Gasteiger partial charge < -0.3 is 5.21 Å². The quantitative estimate of drug-likeness (QED) is 0.111. The highest BCUT2D eigenvalue weighted by Gasteiger charge is 2.01. The number of nitrogens with one attached hydrogen (secondary N) is 1. The van der Waals surface area contributed by atoms with Crippen LogP contribution in [0, 0.1) is 5.21 Å². The minimum absolute atomic E-state index is 0.710. The molecule has 1 N–H and O–H groups in total. The lowest BCUT2D eigenvalue weighted by molar-refractivity contribution is -0.376. The largest absolute Gasteiger partial charge is 0.625 e. The van der Waals surface area contributed by atoms with Crippen LogP contribution in [-0.4, -0.2) is 5.71 Å². The van der Waals surface area contributed by atoms with Crippen molar-refractivity contribution in [2.24, 2.45) is 0 Å². The van der Waals surface area contributed by atoms with Crippen molar-refractivity contribution in [2.45, 2.75) is 116 Å². The predicted molar refractivity (Wildman–Crippen MR) is 104 cm³/mol. The van der Waals surface area contributed by atoms with E-state index in [2.05, 4.69) is 13.5 Å². The first-order chi connectivity index (χ1) is 11.3. The molecule has 0 aliphatic rings. The molecule has 23 heavy (non-hydrogen) atoms. The summed E-state index contributed by atoms with van der Waals surface area (Å²) < 4.78 is 0. The highest BCUT2D eigenvalue weighted by atomic mass is 16.4. The van der Waals surface area contributed by atoms with Gasteiger partial charge in [-0.3, -0.25) is 0 Å². The van der Waals surface area contributed by atoms with E-state index in [1.807, 2.05) is 5.16 Å². The van der Waals surface area contributed by atoms with Crippen LogP contribution in [0.2, 0.25) is 0 Å². The zero-order valence-corrected chi connectivity index (χ0v) is 15.7. The number of hydrogen-bond acceptors (Lipinski definition) is 1. The zero-order valence-electron chi connectivity index (χ0n) is 15.7. The monoisotopic (exact) mass is 323 g/mol. The molecule has 0 unspecified atom stereocenters. The Hall–Kier alpha value is -0.790. The highest BCUT2D eigenvalue weighted by molar-refractivity contribution is 5.80. The van der Waals surface area contributed by atoms with Crippen molar-refractivity contribution in [3.05, 3.63) is 17.9 Å². The van der Waals surface area contributed by atoms with Crippen molar-refractivity contribution in [1.29, 1.82) is 0 Å². The molecule has 0 aliphatic heterocycles. The zero-order chi connectivity index (χ0) is 17.0. The molecule has 0 rings (SSSR count). The summed E-state index contributed by atoms with van der Waals surface area (Å²) in [6, 6.07) is 0. The molecule has 0 saturated carbocycles. The molecule has 0 saturated heterocycles. The van der Waals surface area contributed by atoms with Crippen molar-refractivity contribution >= 4 is 5.71 Å². The molecule has 0 aromatic heterocycles. The Labute approximate surface area is 145 Å². The van der Waals surface area contributed by atoms with Crippen molar-refractivity contribution in [1.82, 2.24) is 0 Å². The van der Waals surface area contributed by atoms with Gasteiger partial charge in [0.1, 0.15) is 0 Å². The molecule has 0 atom stereocenters. The Balaban J connectivity index is 3.12. The first kappa shape index (κ1) is 22.2. The smallest absolute Gasteiger partial charge is 0.165 e. The van der Waals surface area contributed by atoms with Crippen LogP contribution in [0.3, 0.4) is 0 Å². The maximum Gasteiger partial charge on any atom is 0.165 e. The summed E-state index contributed by atoms with van der Waals surface area (Å²) in [6.45, 7) is 5.95. The van der Waals surface area contributed by atoms with E-state index in [0.29, 0.717) is 6.42 Å². The van der Waals surface area contributed by atoms with Crippen LogP contribution in [0.1, 0.15) is 116 Å². The van der Waals surface area contributed by atoms with E-state index in [0.717, 1.165) is 18.6 Å². The Bertz CT molecular complexity index is 273. The standard InChI is InChI=1S/C21H41NO/c1-3-5-6-7-8-9-10-11-12-13-14-15-16-17-18-20-21(22-23)19-4-2/h4,22H,2-3,5-20H2,1H3. The maximum atomic E-state index is 10.7. The average Bonchev–Trinajstić information content (AvgIpc) is 2.57. The molecule has 0 fully saturated rings. The fourth-order valence-electron chi connectivity index (χ4n) is 3.08. The molecule has 0 aromatic rings. The van der Waals surface area contributed by atoms with E-state index in [-0.39, 0.29) is 0 Å². The van der Waals surface area contributed by atoms with Crippen molar-refractivity contribution in [2.75, 3.05) is 0 Å². The van der Waals surface area contributed by atoms with Gasteiger partial charge in [-0.1, -0.05) is 103 Å². The Morgan fingerprint density at radius 3 is 1.48 bits per heavy atom. The number of unbranched alkanes of at least 4 members (excludes halogenated alkanes) is 14. The van der Waals surface area contributed by atoms with Crippen molar-refractivity contribution < 1.29 is 5.16 Å². The predicted octanol–water partition coefficient (Wildman–Crippen LogP) is 5.84. The minimum atomic E-state index is 0.710. The molecule has 0 radical (unpaired) electrons. The lowest BCUT2D eigenvalue weighted by Gasteiger charge is -2.03. The normalized spacial score (nSPS) is 11.8. The second-order valence-electron chi connectivity index (χ2n) is 6.90. The molecule has 0 amide bonds. The van der Waals surface area contributed by atoms with E-state index in [1.165, 1.54) is 89.9 Å². The van der Waals surface area contributed by atoms with Gasteiger partial charge in [-0.2, -0.15) is 0 Å². The molecule has 0 spiro atoms. The fourth-order valence-corrected chi connectivity index (χ4v) is 3.08. The van der Waals surface area contributed by atoms with Crippen LogP contribution in [0.25, 0.3) is 0 Å². The van der Waals surface area contributed by atoms with Gasteiger partial charge in [0.2, 0.25) is 0 Å². The summed E-state index contributed by atoms with van der Waals surface area (Å²) in [4.78, 5) is 0. The van der Waals surface area contributed by atoms with Gasteiger partial charge in [0.15, 0.2) is 5.71 Å². The first-order valence-corrected chi connectivity index (χ1v) is 10.2. The molecule has 0 aromatic carbocycles. The van der Waals surface area contributed by atoms with E-state index in [9.17, 15) is 5.21 Å². The number of rotatable bonds is 18. The average molecular weight is 324 g/mol. The third-order valence-corrected chi connectivity index (χ3v) is 4.62. The number of hydrogen-bond donors (Lipinski definition) is 1. The SMILES string of the molecule is C=CCC(CCCCCCCCCCCCCCCCC)=[NH+][O-]. The third kappa shape index (κ3) is 17.4. The van der Waals surface area contributed by atoms with Crippen LogP contribution in [-0.2, 0) is 0 Å². The fraction of sp³-hybridized carbons (Fsp3) is 0.857. The topological polar surface area (TPSA) is 37.0 Å². The Kier molecular flexibility index (Phi) is 18.6. The van der Waals surface area contributed by atoms with Crippen LogP contribution in [0.4, 0.5) is 0 Å². The lowest BCUT2D eigenvalue weighted by Crippen LogP contribution is -2.65. The summed E-state index contributed by atoms with van der Waals surface area (Å²) in [5.74, 6) is 0. The molecular formula is C21H41NO. The first-order valence-electron chi connectivity index (χ1n) is 10.2. The second kappa shape index (κ2) is 19.3. The van der Waals surface area contributed by atoms with Gasteiger partial charge in [0.25, 0.3) is 0 Å². The van der Waals surface area contributed by atoms with Gasteiger partial charge in [-0.15, -0.1) is 6.58 Å². The van der Waals surface area contributed by atoms with E-state index >= 15 is 0 Å². The number of allylic oxidation sites excluding steroid dienone is 1. The molecule has 0 bridgehead atoms. The molecule has 0 aliphatic carbocycles. The molecule has 136 valence electrons. The summed E-state index contributed by atoms with van der Waals surface area (Å²) in [5, 5.41) is 12.7. The van der Waals surface area contributed by atoms with E-state index in [1.54, 1.807) is 6.08 Å². The van der Waals surface area contributed by atoms with Gasteiger partial charge >= 0.3 is 0 Å². The minimum Gasteiger partial charge on any atom is -0.625 e. The highest BCUT2D eigenvalue weighted by Crippen LogP contribution is 2.13. The third-order valence-electron chi connectivity index (χ3n) is 4.62.